The van der Waals surface area contributed by atoms with E-state index in [9.17, 15) is 4.79 Å². The van der Waals surface area contributed by atoms with Gasteiger partial charge in [-0.25, -0.2) is 0 Å². The van der Waals surface area contributed by atoms with Gasteiger partial charge in [0.2, 0.25) is 5.91 Å². The number of nitrogens with zero attached hydrogens (tertiary/aromatic N) is 1. The number of nitrogens with one attached hydrogen (secondary N) is 1. The smallest absolute Gasteiger partial charge is 0.246 e. The lowest BCUT2D eigenvalue weighted by molar-refractivity contribution is -0.140. The normalized spacial score (nSPS) is 35.6. The highest BCUT2D eigenvalue weighted by molar-refractivity contribution is 5.78. The van der Waals surface area contributed by atoms with Gasteiger partial charge in [0, 0.05) is 19.6 Å². The highest BCUT2D eigenvalue weighted by Gasteiger charge is 2.35. The van der Waals surface area contributed by atoms with Crippen LogP contribution in [0.4, 0.5) is 0 Å². The van der Waals surface area contributed by atoms with Crippen molar-refractivity contribution in [3.63, 3.8) is 0 Å². The zero-order valence-electron chi connectivity index (χ0n) is 10.4. The van der Waals surface area contributed by atoms with Crippen LogP contribution in [-0.4, -0.2) is 49.2 Å². The highest BCUT2D eigenvalue weighted by atomic mass is 16.5. The van der Waals surface area contributed by atoms with Crippen molar-refractivity contribution in [2.75, 3.05) is 26.2 Å². The molecule has 0 aromatic heterocycles. The number of amides is 1. The molecule has 17 heavy (non-hydrogen) atoms. The van der Waals surface area contributed by atoms with Gasteiger partial charge in [-0.1, -0.05) is 12.8 Å². The van der Waals surface area contributed by atoms with Gasteiger partial charge < -0.3 is 15.0 Å². The molecular formula is C13H22N2O2. The van der Waals surface area contributed by atoms with Crippen LogP contribution in [0.3, 0.4) is 0 Å². The van der Waals surface area contributed by atoms with Crippen LogP contribution >= 0.6 is 0 Å². The minimum Gasteiger partial charge on any atom is -0.366 e. The first-order valence-corrected chi connectivity index (χ1v) is 6.94. The molecule has 1 saturated carbocycles. The topological polar surface area (TPSA) is 41.6 Å². The maximum atomic E-state index is 11.3. The Morgan fingerprint density at radius 1 is 1.29 bits per heavy atom. The van der Waals surface area contributed by atoms with Crippen molar-refractivity contribution in [2.45, 2.75) is 44.2 Å². The van der Waals surface area contributed by atoms with Gasteiger partial charge >= 0.3 is 0 Å². The first-order chi connectivity index (χ1) is 8.31. The van der Waals surface area contributed by atoms with Crippen LogP contribution in [0.5, 0.6) is 0 Å². The molecule has 2 atom stereocenters. The molecule has 3 fully saturated rings. The van der Waals surface area contributed by atoms with Gasteiger partial charge in [-0.3, -0.25) is 4.79 Å². The van der Waals surface area contributed by atoms with Gasteiger partial charge in [0.25, 0.3) is 0 Å². The predicted octanol–water partition coefficient (Wildman–Crippen LogP) is 0.766. The van der Waals surface area contributed by atoms with Crippen molar-refractivity contribution in [2.24, 2.45) is 5.92 Å². The van der Waals surface area contributed by atoms with Crippen molar-refractivity contribution in [3.05, 3.63) is 0 Å². The third-order valence-electron chi connectivity index (χ3n) is 4.40. The number of fused-ring (bicyclic) bond motifs is 1. The molecule has 2 heterocycles. The Hall–Kier alpha value is -0.610. The minimum atomic E-state index is 0.0500. The summed E-state index contributed by atoms with van der Waals surface area (Å²) in [4.78, 5) is 13.8. The van der Waals surface area contributed by atoms with Crippen molar-refractivity contribution in [1.82, 2.24) is 10.2 Å². The van der Waals surface area contributed by atoms with E-state index in [0.717, 1.165) is 25.4 Å². The van der Waals surface area contributed by atoms with Crippen molar-refractivity contribution in [3.8, 4) is 0 Å². The number of rotatable bonds is 2. The average molecular weight is 238 g/mol. The summed E-state index contributed by atoms with van der Waals surface area (Å²) in [5.41, 5.74) is 0. The van der Waals surface area contributed by atoms with E-state index < -0.39 is 0 Å². The van der Waals surface area contributed by atoms with Crippen LogP contribution in [0, 0.1) is 5.92 Å². The SMILES string of the molecule is O=C1CO[C@@H]2CCN(CC3CCCC3)C[C@H]2N1. The number of ether oxygens (including phenoxy) is 1. The molecule has 0 aromatic carbocycles. The predicted molar refractivity (Wildman–Crippen MR) is 64.7 cm³/mol. The van der Waals surface area contributed by atoms with Gasteiger partial charge in [0.15, 0.2) is 0 Å². The number of carbonyl (C=O) groups is 1. The van der Waals surface area contributed by atoms with Gasteiger partial charge in [-0.2, -0.15) is 0 Å². The number of piperidine rings is 1. The molecule has 1 aliphatic carbocycles. The van der Waals surface area contributed by atoms with Crippen LogP contribution in [-0.2, 0) is 9.53 Å². The Morgan fingerprint density at radius 3 is 2.94 bits per heavy atom. The third kappa shape index (κ3) is 2.63. The van der Waals surface area contributed by atoms with Crippen molar-refractivity contribution >= 4 is 5.91 Å². The maximum Gasteiger partial charge on any atom is 0.246 e. The number of morpholine rings is 1. The lowest BCUT2D eigenvalue weighted by Crippen LogP contribution is -2.60. The lowest BCUT2D eigenvalue weighted by atomic mass is 9.98. The van der Waals surface area contributed by atoms with Crippen LogP contribution in [0.1, 0.15) is 32.1 Å². The number of hydrogen-bond acceptors (Lipinski definition) is 3. The second-order valence-corrected chi connectivity index (χ2v) is 5.72. The van der Waals surface area contributed by atoms with E-state index in [4.69, 9.17) is 4.74 Å². The van der Waals surface area contributed by atoms with Gasteiger partial charge in [-0.15, -0.1) is 0 Å². The fourth-order valence-electron chi connectivity index (χ4n) is 3.49. The van der Waals surface area contributed by atoms with E-state index in [2.05, 4.69) is 10.2 Å². The largest absolute Gasteiger partial charge is 0.366 e. The molecule has 4 nitrogen and oxygen atoms in total. The first-order valence-electron chi connectivity index (χ1n) is 6.94. The van der Waals surface area contributed by atoms with E-state index in [-0.39, 0.29) is 24.7 Å². The Morgan fingerprint density at radius 2 is 2.12 bits per heavy atom. The van der Waals surface area contributed by atoms with E-state index >= 15 is 0 Å². The highest BCUT2D eigenvalue weighted by Crippen LogP contribution is 2.27. The number of likely N-dealkylation sites (tertiary alicyclic amines) is 1. The molecule has 3 aliphatic rings. The first kappa shape index (κ1) is 11.5. The van der Waals surface area contributed by atoms with E-state index in [1.54, 1.807) is 0 Å². The third-order valence-corrected chi connectivity index (χ3v) is 4.40. The summed E-state index contributed by atoms with van der Waals surface area (Å²) >= 11 is 0. The minimum absolute atomic E-state index is 0.0500. The van der Waals surface area contributed by atoms with Crippen LogP contribution in [0.2, 0.25) is 0 Å². The standard InChI is InChI=1S/C13H22N2O2/c16-13-9-17-12-5-6-15(8-11(12)14-13)7-10-3-1-2-4-10/h10-12H,1-9H2,(H,14,16)/t11-,12-/m1/s1. The molecule has 0 spiro atoms. The summed E-state index contributed by atoms with van der Waals surface area (Å²) in [6.07, 6.45) is 6.93. The lowest BCUT2D eigenvalue weighted by Gasteiger charge is -2.41. The summed E-state index contributed by atoms with van der Waals surface area (Å²) in [5, 5.41) is 3.07. The molecule has 4 heteroatoms. The number of hydrogen-bond donors (Lipinski definition) is 1. The zero-order chi connectivity index (χ0) is 11.7. The van der Waals surface area contributed by atoms with Gasteiger partial charge in [0.05, 0.1) is 12.1 Å². The summed E-state index contributed by atoms with van der Waals surface area (Å²) in [6, 6.07) is 0.228. The summed E-state index contributed by atoms with van der Waals surface area (Å²) < 4.78 is 5.57. The van der Waals surface area contributed by atoms with Crippen LogP contribution in [0.15, 0.2) is 0 Å². The number of carbonyl (C=O) groups excluding carboxylic acids is 1. The molecule has 0 aromatic rings. The Balaban J connectivity index is 1.53. The summed E-state index contributed by atoms with van der Waals surface area (Å²) in [7, 11) is 0. The molecule has 1 amide bonds. The molecule has 0 radical (unpaired) electrons. The molecule has 2 aliphatic heterocycles. The Labute approximate surface area is 103 Å². The molecule has 96 valence electrons. The fourth-order valence-corrected chi connectivity index (χ4v) is 3.49. The maximum absolute atomic E-state index is 11.3. The van der Waals surface area contributed by atoms with Gasteiger partial charge in [0.1, 0.15) is 6.61 Å². The Kier molecular flexibility index (Phi) is 3.34. The zero-order valence-corrected chi connectivity index (χ0v) is 10.4. The second kappa shape index (κ2) is 4.94. The van der Waals surface area contributed by atoms with Crippen LogP contribution in [0.25, 0.3) is 0 Å². The van der Waals surface area contributed by atoms with E-state index in [1.807, 2.05) is 0 Å². The molecule has 3 rings (SSSR count). The fraction of sp³-hybridized carbons (Fsp3) is 0.923. The second-order valence-electron chi connectivity index (χ2n) is 5.72. The molecule has 0 bridgehead atoms. The summed E-state index contributed by atoms with van der Waals surface area (Å²) in [6.45, 7) is 3.59. The molecule has 1 N–H and O–H groups in total. The van der Waals surface area contributed by atoms with Gasteiger partial charge in [-0.05, 0) is 25.2 Å². The molecular weight excluding hydrogens is 216 g/mol. The molecule has 2 saturated heterocycles. The quantitative estimate of drug-likeness (QED) is 0.772. The van der Waals surface area contributed by atoms with Crippen molar-refractivity contribution in [1.29, 1.82) is 0 Å². The van der Waals surface area contributed by atoms with Crippen molar-refractivity contribution < 1.29 is 9.53 Å². The van der Waals surface area contributed by atoms with E-state index in [0.29, 0.717) is 0 Å². The monoisotopic (exact) mass is 238 g/mol. The van der Waals surface area contributed by atoms with E-state index in [1.165, 1.54) is 32.2 Å². The van der Waals surface area contributed by atoms with Crippen LogP contribution < -0.4 is 5.32 Å². The summed E-state index contributed by atoms with van der Waals surface area (Å²) in [5.74, 6) is 0.945. The Bertz CT molecular complexity index is 289. The average Bonchev–Trinajstić information content (AvgIpc) is 2.81. The molecule has 0 unspecified atom stereocenters.